The summed E-state index contributed by atoms with van der Waals surface area (Å²) in [5, 5.41) is 11.9. The topological polar surface area (TPSA) is 49.3 Å². The molecule has 0 aromatic rings. The summed E-state index contributed by atoms with van der Waals surface area (Å²) >= 11 is 0. The number of carbonyl (C=O) groups is 1. The van der Waals surface area contributed by atoms with Crippen LogP contribution in [0.25, 0.3) is 0 Å². The number of rotatable bonds is 5. The first-order valence-corrected chi connectivity index (χ1v) is 6.48. The fourth-order valence-corrected chi connectivity index (χ4v) is 2.26. The van der Waals surface area contributed by atoms with E-state index in [0.29, 0.717) is 12.5 Å². The molecule has 1 amide bonds. The summed E-state index contributed by atoms with van der Waals surface area (Å²) in [7, 11) is 0. The zero-order chi connectivity index (χ0) is 12.0. The van der Waals surface area contributed by atoms with Gasteiger partial charge in [-0.05, 0) is 25.7 Å². The Morgan fingerprint density at radius 2 is 1.94 bits per heavy atom. The van der Waals surface area contributed by atoms with E-state index < -0.39 is 0 Å². The molecule has 0 heterocycles. The number of hydrogen-bond acceptors (Lipinski definition) is 2. The highest BCUT2D eigenvalue weighted by Gasteiger charge is 2.28. The van der Waals surface area contributed by atoms with Crippen molar-refractivity contribution in [2.75, 3.05) is 6.61 Å². The molecule has 3 nitrogen and oxygen atoms in total. The quantitative estimate of drug-likeness (QED) is 0.756. The number of aliphatic hydroxyl groups is 1. The molecule has 3 heteroatoms. The first-order chi connectivity index (χ1) is 7.56. The second kappa shape index (κ2) is 6.24. The summed E-state index contributed by atoms with van der Waals surface area (Å²) in [5.41, 5.74) is -0.347. The molecule has 1 aliphatic carbocycles. The van der Waals surface area contributed by atoms with E-state index in [4.69, 9.17) is 5.11 Å². The molecule has 0 saturated heterocycles. The third-order valence-corrected chi connectivity index (χ3v) is 3.51. The molecule has 0 radical (unpaired) electrons. The van der Waals surface area contributed by atoms with Crippen LogP contribution < -0.4 is 5.32 Å². The van der Waals surface area contributed by atoms with Crippen LogP contribution in [0.3, 0.4) is 0 Å². The van der Waals surface area contributed by atoms with Gasteiger partial charge in [-0.3, -0.25) is 4.79 Å². The summed E-state index contributed by atoms with van der Waals surface area (Å²) in [6.45, 7) is 4.09. The predicted octanol–water partition coefficient (Wildman–Crippen LogP) is 2.23. The molecule has 0 spiro atoms. The van der Waals surface area contributed by atoms with Crippen molar-refractivity contribution >= 4 is 5.91 Å². The van der Waals surface area contributed by atoms with Crippen molar-refractivity contribution in [1.29, 1.82) is 0 Å². The monoisotopic (exact) mass is 227 g/mol. The molecular formula is C13H25NO2. The van der Waals surface area contributed by atoms with Crippen LogP contribution in [-0.2, 0) is 4.79 Å². The average molecular weight is 227 g/mol. The van der Waals surface area contributed by atoms with Crippen LogP contribution in [0.2, 0.25) is 0 Å². The maximum Gasteiger partial charge on any atom is 0.225 e. The summed E-state index contributed by atoms with van der Waals surface area (Å²) in [4.78, 5) is 12.0. The van der Waals surface area contributed by atoms with Crippen LogP contribution in [0, 0.1) is 5.41 Å². The van der Waals surface area contributed by atoms with Crippen LogP contribution in [0.1, 0.15) is 58.8 Å². The van der Waals surface area contributed by atoms with Crippen molar-refractivity contribution in [3.8, 4) is 0 Å². The highest BCUT2D eigenvalue weighted by molar-refractivity contribution is 5.82. The Balaban J connectivity index is 2.36. The number of aliphatic hydroxyl groups excluding tert-OH is 1. The van der Waals surface area contributed by atoms with Crippen LogP contribution in [0.5, 0.6) is 0 Å². The van der Waals surface area contributed by atoms with Gasteiger partial charge in [0.15, 0.2) is 0 Å². The van der Waals surface area contributed by atoms with E-state index in [-0.39, 0.29) is 17.9 Å². The predicted molar refractivity (Wildman–Crippen MR) is 65.1 cm³/mol. The largest absolute Gasteiger partial charge is 0.396 e. The fourth-order valence-electron chi connectivity index (χ4n) is 2.26. The van der Waals surface area contributed by atoms with Crippen molar-refractivity contribution in [1.82, 2.24) is 5.32 Å². The van der Waals surface area contributed by atoms with Crippen molar-refractivity contribution in [3.05, 3.63) is 0 Å². The van der Waals surface area contributed by atoms with E-state index in [2.05, 4.69) is 5.32 Å². The van der Waals surface area contributed by atoms with Crippen LogP contribution in [0.4, 0.5) is 0 Å². The molecule has 0 unspecified atom stereocenters. The average Bonchev–Trinajstić information content (AvgIpc) is 2.28. The highest BCUT2D eigenvalue weighted by Crippen LogP contribution is 2.24. The van der Waals surface area contributed by atoms with Gasteiger partial charge < -0.3 is 10.4 Å². The van der Waals surface area contributed by atoms with Gasteiger partial charge in [-0.1, -0.05) is 33.1 Å². The lowest BCUT2D eigenvalue weighted by molar-refractivity contribution is -0.130. The second-order valence-electron chi connectivity index (χ2n) is 5.52. The first-order valence-electron chi connectivity index (χ1n) is 6.48. The zero-order valence-electron chi connectivity index (χ0n) is 10.6. The maximum atomic E-state index is 12.0. The van der Waals surface area contributed by atoms with E-state index in [1.165, 1.54) is 19.3 Å². The third kappa shape index (κ3) is 4.12. The molecule has 1 fully saturated rings. The number of amides is 1. The lowest BCUT2D eigenvalue weighted by Gasteiger charge is -2.29. The maximum absolute atomic E-state index is 12.0. The number of nitrogens with one attached hydrogen (secondary N) is 1. The first kappa shape index (κ1) is 13.5. The van der Waals surface area contributed by atoms with E-state index in [0.717, 1.165) is 19.3 Å². The molecule has 0 aliphatic heterocycles. The molecule has 1 rings (SSSR count). The van der Waals surface area contributed by atoms with Gasteiger partial charge in [-0.25, -0.2) is 0 Å². The molecule has 0 atom stereocenters. The Morgan fingerprint density at radius 1 is 1.31 bits per heavy atom. The molecule has 1 saturated carbocycles. The second-order valence-corrected chi connectivity index (χ2v) is 5.52. The Kier molecular flexibility index (Phi) is 5.26. The number of carbonyl (C=O) groups excluding carboxylic acids is 1. The van der Waals surface area contributed by atoms with E-state index >= 15 is 0 Å². The summed E-state index contributed by atoms with van der Waals surface area (Å²) in [6, 6.07) is 0.384. The van der Waals surface area contributed by atoms with Gasteiger partial charge in [0.2, 0.25) is 5.91 Å². The highest BCUT2D eigenvalue weighted by atomic mass is 16.3. The van der Waals surface area contributed by atoms with Gasteiger partial charge in [0.05, 0.1) is 0 Å². The zero-order valence-corrected chi connectivity index (χ0v) is 10.6. The van der Waals surface area contributed by atoms with Gasteiger partial charge >= 0.3 is 0 Å². The van der Waals surface area contributed by atoms with Crippen molar-refractivity contribution < 1.29 is 9.90 Å². The van der Waals surface area contributed by atoms with Crippen LogP contribution in [-0.4, -0.2) is 23.7 Å². The van der Waals surface area contributed by atoms with Gasteiger partial charge in [0.25, 0.3) is 0 Å². The molecule has 2 N–H and O–H groups in total. The van der Waals surface area contributed by atoms with Gasteiger partial charge in [0, 0.05) is 18.1 Å². The van der Waals surface area contributed by atoms with Crippen LogP contribution >= 0.6 is 0 Å². The Bertz CT molecular complexity index is 220. The van der Waals surface area contributed by atoms with E-state index in [1.807, 2.05) is 13.8 Å². The van der Waals surface area contributed by atoms with Crippen molar-refractivity contribution in [2.45, 2.75) is 64.8 Å². The van der Waals surface area contributed by atoms with Gasteiger partial charge in [0.1, 0.15) is 0 Å². The van der Waals surface area contributed by atoms with Gasteiger partial charge in [-0.2, -0.15) is 0 Å². The fraction of sp³-hybridized carbons (Fsp3) is 0.923. The minimum absolute atomic E-state index is 0.146. The van der Waals surface area contributed by atoms with Gasteiger partial charge in [-0.15, -0.1) is 0 Å². The smallest absolute Gasteiger partial charge is 0.225 e. The molecule has 0 bridgehead atoms. The Labute approximate surface area is 98.6 Å². The number of hydrogen-bond donors (Lipinski definition) is 2. The van der Waals surface area contributed by atoms with Crippen molar-refractivity contribution in [2.24, 2.45) is 5.41 Å². The third-order valence-electron chi connectivity index (χ3n) is 3.51. The SMILES string of the molecule is CC(C)(CCCO)C(=O)NC1CCCCC1. The molecule has 0 aromatic heterocycles. The molecule has 0 aromatic carbocycles. The summed E-state index contributed by atoms with van der Waals surface area (Å²) < 4.78 is 0. The lowest BCUT2D eigenvalue weighted by atomic mass is 9.85. The Morgan fingerprint density at radius 3 is 2.50 bits per heavy atom. The molecule has 1 aliphatic rings. The van der Waals surface area contributed by atoms with Crippen LogP contribution in [0.15, 0.2) is 0 Å². The standard InChI is InChI=1S/C13H25NO2/c1-13(2,9-6-10-15)12(16)14-11-7-4-3-5-8-11/h11,15H,3-10H2,1-2H3,(H,14,16). The van der Waals surface area contributed by atoms with E-state index in [1.54, 1.807) is 0 Å². The molecule has 94 valence electrons. The normalized spacial score (nSPS) is 18.4. The molecular weight excluding hydrogens is 202 g/mol. The summed E-state index contributed by atoms with van der Waals surface area (Å²) in [6.07, 6.45) is 7.49. The van der Waals surface area contributed by atoms with Crippen molar-refractivity contribution in [3.63, 3.8) is 0 Å². The summed E-state index contributed by atoms with van der Waals surface area (Å²) in [5.74, 6) is 0.146. The van der Waals surface area contributed by atoms with E-state index in [9.17, 15) is 4.79 Å². The lowest BCUT2D eigenvalue weighted by Crippen LogP contribution is -2.43. The Hall–Kier alpha value is -0.570. The minimum Gasteiger partial charge on any atom is -0.396 e. The minimum atomic E-state index is -0.347. The molecule has 16 heavy (non-hydrogen) atoms.